The molecule has 0 radical (unpaired) electrons. The van der Waals surface area contributed by atoms with Crippen molar-refractivity contribution >= 4 is 29.7 Å². The number of nitrogens with two attached hydrogens (primary N) is 2. The fourth-order valence-corrected chi connectivity index (χ4v) is 3.93. The summed E-state index contributed by atoms with van der Waals surface area (Å²) in [5, 5.41) is 0. The molecule has 0 aromatic heterocycles. The molecule has 2 heterocycles. The number of amides is 5. The minimum atomic E-state index is -1.29. The van der Waals surface area contributed by atoms with E-state index in [4.69, 9.17) is 16.2 Å². The normalized spacial score (nSPS) is 22.4. The molecule has 5 amide bonds. The number of ether oxygens (including phenoxy) is 1. The van der Waals surface area contributed by atoms with Crippen molar-refractivity contribution in [2.75, 3.05) is 26.2 Å². The smallest absolute Gasteiger partial charge is 0.410 e. The Labute approximate surface area is 182 Å². The van der Waals surface area contributed by atoms with Crippen LogP contribution in [0.25, 0.3) is 0 Å². The highest BCUT2D eigenvalue weighted by Gasteiger charge is 2.62. The lowest BCUT2D eigenvalue weighted by molar-refractivity contribution is -0.184. The fraction of sp³-hybridized carbons (Fsp3) is 0.750. The second-order valence-corrected chi connectivity index (χ2v) is 9.43. The van der Waals surface area contributed by atoms with Crippen LogP contribution in [-0.2, 0) is 23.9 Å². The van der Waals surface area contributed by atoms with Gasteiger partial charge in [-0.05, 0) is 27.2 Å². The monoisotopic (exact) mass is 439 g/mol. The Morgan fingerprint density at radius 3 is 2.16 bits per heavy atom. The molecule has 4 N–H and O–H groups in total. The van der Waals surface area contributed by atoms with Gasteiger partial charge in [0, 0.05) is 25.4 Å². The lowest BCUT2D eigenvalue weighted by Crippen LogP contribution is -2.83. The first-order chi connectivity index (χ1) is 14.2. The Hall–Kier alpha value is -2.85. The van der Waals surface area contributed by atoms with Crippen molar-refractivity contribution in [1.29, 1.82) is 0 Å². The quantitative estimate of drug-likeness (QED) is 0.527. The second-order valence-electron chi connectivity index (χ2n) is 9.43. The molecule has 11 nitrogen and oxygen atoms in total. The summed E-state index contributed by atoms with van der Waals surface area (Å²) in [6.07, 6.45) is -0.682. The number of carbonyl (C=O) groups is 5. The summed E-state index contributed by atoms with van der Waals surface area (Å²) in [5.41, 5.74) is 8.61. The molecule has 11 heteroatoms. The maximum absolute atomic E-state index is 13.3. The zero-order chi connectivity index (χ0) is 23.7. The van der Waals surface area contributed by atoms with Gasteiger partial charge >= 0.3 is 6.09 Å². The molecule has 2 rings (SSSR count). The zero-order valence-electron chi connectivity index (χ0n) is 18.8. The van der Waals surface area contributed by atoms with E-state index < -0.39 is 41.0 Å². The molecule has 174 valence electrons. The number of hydrogen-bond donors (Lipinski definition) is 2. The van der Waals surface area contributed by atoms with Gasteiger partial charge in [0.05, 0.1) is 13.1 Å². The highest BCUT2D eigenvalue weighted by molar-refractivity contribution is 6.00. The summed E-state index contributed by atoms with van der Waals surface area (Å²) < 4.78 is 5.43. The van der Waals surface area contributed by atoms with E-state index >= 15 is 0 Å². The summed E-state index contributed by atoms with van der Waals surface area (Å²) in [5.74, 6) is -2.42. The molecule has 0 bridgehead atoms. The van der Waals surface area contributed by atoms with Crippen LogP contribution in [-0.4, -0.2) is 87.8 Å². The Morgan fingerprint density at radius 1 is 1.10 bits per heavy atom. The molecular weight excluding hydrogens is 406 g/mol. The standard InChI is InChI=1S/C20H33N5O6/c1-12(2)16(28)25-9-8-23(18(30)31-19(3,4)5)10-20(25)11-24(17(20)29)13(15(22)27)6-7-14(21)26/h12-13H,6-11H2,1-5H3,(H2,21,26)(H2,22,27)/t13-,20?/m0/s1. The molecule has 31 heavy (non-hydrogen) atoms. The maximum Gasteiger partial charge on any atom is 0.410 e. The van der Waals surface area contributed by atoms with Crippen LogP contribution in [0.2, 0.25) is 0 Å². The molecule has 2 fully saturated rings. The van der Waals surface area contributed by atoms with Crippen LogP contribution in [0.3, 0.4) is 0 Å². The molecule has 0 saturated carbocycles. The molecular formula is C20H33N5O6. The van der Waals surface area contributed by atoms with Crippen molar-refractivity contribution in [3.05, 3.63) is 0 Å². The molecule has 2 saturated heterocycles. The van der Waals surface area contributed by atoms with Gasteiger partial charge in [-0.25, -0.2) is 4.79 Å². The number of primary amides is 2. The van der Waals surface area contributed by atoms with Crippen molar-refractivity contribution in [2.24, 2.45) is 17.4 Å². The lowest BCUT2D eigenvalue weighted by atomic mass is 9.81. The van der Waals surface area contributed by atoms with Crippen LogP contribution in [0.5, 0.6) is 0 Å². The first kappa shape index (κ1) is 24.4. The minimum Gasteiger partial charge on any atom is -0.444 e. The van der Waals surface area contributed by atoms with Crippen molar-refractivity contribution < 1.29 is 28.7 Å². The Morgan fingerprint density at radius 2 is 1.71 bits per heavy atom. The van der Waals surface area contributed by atoms with E-state index in [0.29, 0.717) is 0 Å². The third-order valence-corrected chi connectivity index (χ3v) is 5.43. The fourth-order valence-electron chi connectivity index (χ4n) is 3.93. The maximum atomic E-state index is 13.3. The summed E-state index contributed by atoms with van der Waals surface area (Å²) in [7, 11) is 0. The third-order valence-electron chi connectivity index (χ3n) is 5.43. The van der Waals surface area contributed by atoms with E-state index in [1.165, 1.54) is 14.7 Å². The van der Waals surface area contributed by atoms with Gasteiger partial charge in [-0.2, -0.15) is 0 Å². The predicted octanol–water partition coefficient (Wildman–Crippen LogP) is -0.578. The number of rotatable bonds is 6. The van der Waals surface area contributed by atoms with Crippen LogP contribution >= 0.6 is 0 Å². The molecule has 1 spiro atoms. The Bertz CT molecular complexity index is 777. The van der Waals surface area contributed by atoms with Gasteiger partial charge < -0.3 is 30.9 Å². The van der Waals surface area contributed by atoms with Crippen molar-refractivity contribution in [1.82, 2.24) is 14.7 Å². The van der Waals surface area contributed by atoms with Gasteiger partial charge in [-0.1, -0.05) is 13.8 Å². The first-order valence-corrected chi connectivity index (χ1v) is 10.4. The topological polar surface area (TPSA) is 156 Å². The number of likely N-dealkylation sites (tertiary alicyclic amines) is 1. The van der Waals surface area contributed by atoms with E-state index in [2.05, 4.69) is 0 Å². The average Bonchev–Trinajstić information content (AvgIpc) is 2.64. The first-order valence-electron chi connectivity index (χ1n) is 10.4. The predicted molar refractivity (Wildman–Crippen MR) is 110 cm³/mol. The molecule has 2 aliphatic heterocycles. The highest BCUT2D eigenvalue weighted by Crippen LogP contribution is 2.37. The molecule has 0 aromatic carbocycles. The minimum absolute atomic E-state index is 0.000391. The number of piperazine rings is 1. The van der Waals surface area contributed by atoms with Crippen LogP contribution in [0.1, 0.15) is 47.5 Å². The van der Waals surface area contributed by atoms with E-state index in [0.717, 1.165) is 0 Å². The van der Waals surface area contributed by atoms with Crippen LogP contribution in [0.15, 0.2) is 0 Å². The lowest BCUT2D eigenvalue weighted by Gasteiger charge is -2.59. The molecule has 0 aromatic rings. The van der Waals surface area contributed by atoms with Crippen LogP contribution < -0.4 is 11.5 Å². The second kappa shape index (κ2) is 8.72. The van der Waals surface area contributed by atoms with E-state index in [-0.39, 0.29) is 50.8 Å². The molecule has 0 aliphatic carbocycles. The summed E-state index contributed by atoms with van der Waals surface area (Å²) in [4.78, 5) is 66.0. The molecule has 1 unspecified atom stereocenters. The van der Waals surface area contributed by atoms with Crippen molar-refractivity contribution in [3.8, 4) is 0 Å². The van der Waals surface area contributed by atoms with Crippen LogP contribution in [0, 0.1) is 5.92 Å². The van der Waals surface area contributed by atoms with Gasteiger partial charge in [0.15, 0.2) is 5.54 Å². The highest BCUT2D eigenvalue weighted by atomic mass is 16.6. The summed E-state index contributed by atoms with van der Waals surface area (Å²) in [6, 6.07) is -1.02. The van der Waals surface area contributed by atoms with Crippen molar-refractivity contribution in [2.45, 2.75) is 64.6 Å². The SMILES string of the molecule is CC(C)C(=O)N1CCN(C(=O)OC(C)(C)C)CC12CN([C@@H](CCC(N)=O)C(N)=O)C2=O. The third kappa shape index (κ3) is 5.08. The average molecular weight is 440 g/mol. The molecule has 2 aliphatic rings. The molecule has 2 atom stereocenters. The number of β-lactam (4-membered cyclic amide) rings is 1. The Kier molecular flexibility index (Phi) is 6.87. The van der Waals surface area contributed by atoms with Gasteiger partial charge in [0.2, 0.25) is 17.7 Å². The largest absolute Gasteiger partial charge is 0.444 e. The van der Waals surface area contributed by atoms with Gasteiger partial charge in [0.1, 0.15) is 11.6 Å². The van der Waals surface area contributed by atoms with E-state index in [9.17, 15) is 24.0 Å². The van der Waals surface area contributed by atoms with E-state index in [1.807, 2.05) is 0 Å². The Balaban J connectivity index is 2.29. The van der Waals surface area contributed by atoms with E-state index in [1.54, 1.807) is 34.6 Å². The summed E-state index contributed by atoms with van der Waals surface area (Å²) >= 11 is 0. The van der Waals surface area contributed by atoms with Gasteiger partial charge in [-0.3, -0.25) is 19.2 Å². The number of nitrogens with zero attached hydrogens (tertiary/aromatic N) is 3. The summed E-state index contributed by atoms with van der Waals surface area (Å²) in [6.45, 7) is 9.06. The number of carbonyl (C=O) groups excluding carboxylic acids is 5. The van der Waals surface area contributed by atoms with Gasteiger partial charge in [0.25, 0.3) is 5.91 Å². The van der Waals surface area contributed by atoms with Gasteiger partial charge in [-0.15, -0.1) is 0 Å². The zero-order valence-corrected chi connectivity index (χ0v) is 18.8. The van der Waals surface area contributed by atoms with Crippen molar-refractivity contribution in [3.63, 3.8) is 0 Å². The number of hydrogen-bond acceptors (Lipinski definition) is 6. The van der Waals surface area contributed by atoms with Crippen LogP contribution in [0.4, 0.5) is 4.79 Å².